The van der Waals surface area contributed by atoms with E-state index in [1.54, 1.807) is 10.8 Å². The van der Waals surface area contributed by atoms with Crippen molar-refractivity contribution in [1.29, 1.82) is 0 Å². The standard InChI is InChI=1S/C38H48BNSi/c1-25-17-27(3)37(28(4)18-25)39(38-29(5)19-26(2)20-30(38)6)34-16-12-15-32(22-34)35-23-33(21-31-13-10-11-14-31)36(24-40-35)41(7,8)9/h12,15-20,22-24,31H,10-11,13-14,21H2,1-9H3. The number of hydrogen-bond acceptors (Lipinski definition) is 1. The third kappa shape index (κ3) is 6.31. The van der Waals surface area contributed by atoms with Crippen LogP contribution in [0.2, 0.25) is 19.6 Å². The molecular weight excluding hydrogens is 509 g/mol. The minimum Gasteiger partial charge on any atom is -0.256 e. The van der Waals surface area contributed by atoms with Crippen molar-refractivity contribution in [1.82, 2.24) is 4.98 Å². The van der Waals surface area contributed by atoms with Gasteiger partial charge in [0.2, 0.25) is 6.71 Å². The van der Waals surface area contributed by atoms with Crippen molar-refractivity contribution in [2.24, 2.45) is 5.92 Å². The number of aryl methyl sites for hydroxylation is 6. The van der Waals surface area contributed by atoms with Gasteiger partial charge in [-0.1, -0.05) is 144 Å². The van der Waals surface area contributed by atoms with Crippen LogP contribution in [0.5, 0.6) is 0 Å². The first-order valence-corrected chi connectivity index (χ1v) is 19.2. The Morgan fingerprint density at radius 2 is 1.27 bits per heavy atom. The third-order valence-corrected chi connectivity index (χ3v) is 11.4. The summed E-state index contributed by atoms with van der Waals surface area (Å²) in [5.41, 5.74) is 16.3. The molecule has 1 fully saturated rings. The van der Waals surface area contributed by atoms with Crippen molar-refractivity contribution in [3.05, 3.63) is 99.7 Å². The van der Waals surface area contributed by atoms with Crippen LogP contribution in [-0.4, -0.2) is 19.8 Å². The van der Waals surface area contributed by atoms with Gasteiger partial charge in [0.15, 0.2) is 0 Å². The molecule has 0 spiro atoms. The Hall–Kier alpha value is -2.91. The van der Waals surface area contributed by atoms with E-state index in [9.17, 15) is 0 Å². The lowest BCUT2D eigenvalue weighted by molar-refractivity contribution is 0.547. The van der Waals surface area contributed by atoms with Gasteiger partial charge in [-0.3, -0.25) is 4.98 Å². The molecule has 3 aromatic carbocycles. The minimum absolute atomic E-state index is 0.176. The highest BCUT2D eigenvalue weighted by atomic mass is 28.3. The summed E-state index contributed by atoms with van der Waals surface area (Å²) in [6.07, 6.45) is 8.99. The number of rotatable bonds is 7. The van der Waals surface area contributed by atoms with E-state index >= 15 is 0 Å². The van der Waals surface area contributed by atoms with Gasteiger partial charge in [0, 0.05) is 6.20 Å². The van der Waals surface area contributed by atoms with E-state index in [1.807, 2.05) is 0 Å². The van der Waals surface area contributed by atoms with Crippen molar-refractivity contribution in [2.45, 2.75) is 93.3 Å². The SMILES string of the molecule is Cc1cc(C)c(B(c2cccc(-c3cc(CC4CCCC4)c([Si](C)(C)C)cn3)c2)c2c(C)cc(C)cc2C)c(C)c1. The fraction of sp³-hybridized carbons (Fsp3) is 0.395. The first-order chi connectivity index (χ1) is 19.4. The summed E-state index contributed by atoms with van der Waals surface area (Å²) in [6, 6.07) is 21.1. The molecule has 1 nitrogen and oxygen atoms in total. The Morgan fingerprint density at radius 3 is 1.78 bits per heavy atom. The summed E-state index contributed by atoms with van der Waals surface area (Å²) in [5, 5.41) is 1.54. The molecule has 0 atom stereocenters. The van der Waals surface area contributed by atoms with Crippen molar-refractivity contribution < 1.29 is 0 Å². The van der Waals surface area contributed by atoms with Crippen molar-refractivity contribution in [3.63, 3.8) is 0 Å². The van der Waals surface area contributed by atoms with Crippen LogP contribution in [0.15, 0.2) is 60.8 Å². The van der Waals surface area contributed by atoms with Crippen LogP contribution in [-0.2, 0) is 6.42 Å². The molecule has 1 aliphatic carbocycles. The average molecular weight is 558 g/mol. The Labute approximate surface area is 250 Å². The maximum absolute atomic E-state index is 5.12. The molecule has 4 aromatic rings. The molecule has 1 saturated carbocycles. The van der Waals surface area contributed by atoms with Crippen LogP contribution in [0, 0.1) is 47.5 Å². The van der Waals surface area contributed by atoms with Crippen LogP contribution < -0.4 is 21.6 Å². The Kier molecular flexibility index (Phi) is 8.49. The van der Waals surface area contributed by atoms with E-state index in [2.05, 4.69) is 122 Å². The zero-order chi connectivity index (χ0) is 29.5. The average Bonchev–Trinajstić information content (AvgIpc) is 3.39. The van der Waals surface area contributed by atoms with Crippen LogP contribution in [0.3, 0.4) is 0 Å². The second kappa shape index (κ2) is 11.8. The highest BCUT2D eigenvalue weighted by Crippen LogP contribution is 2.29. The van der Waals surface area contributed by atoms with Crippen LogP contribution >= 0.6 is 0 Å². The summed E-state index contributed by atoms with van der Waals surface area (Å²) < 4.78 is 0. The molecule has 5 rings (SSSR count). The van der Waals surface area contributed by atoms with Gasteiger partial charge in [0.05, 0.1) is 13.8 Å². The number of nitrogens with zero attached hydrogens (tertiary/aromatic N) is 1. The van der Waals surface area contributed by atoms with Crippen LogP contribution in [0.4, 0.5) is 0 Å². The summed E-state index contributed by atoms with van der Waals surface area (Å²) in [4.78, 5) is 5.12. The van der Waals surface area contributed by atoms with Gasteiger partial charge in [-0.05, 0) is 76.3 Å². The Bertz CT molecular complexity index is 1470. The van der Waals surface area contributed by atoms with Crippen molar-refractivity contribution in [3.8, 4) is 11.3 Å². The number of hydrogen-bond donors (Lipinski definition) is 0. The fourth-order valence-electron chi connectivity index (χ4n) is 7.67. The predicted octanol–water partition coefficient (Wildman–Crippen LogP) is 7.39. The molecule has 1 aliphatic rings. The smallest absolute Gasteiger partial charge is 0.242 e. The summed E-state index contributed by atoms with van der Waals surface area (Å²) in [6.45, 7) is 21.1. The Morgan fingerprint density at radius 1 is 0.732 bits per heavy atom. The Balaban J connectivity index is 1.67. The molecule has 1 heterocycles. The monoisotopic (exact) mass is 557 g/mol. The minimum atomic E-state index is -1.49. The van der Waals surface area contributed by atoms with Gasteiger partial charge in [0.25, 0.3) is 0 Å². The molecule has 1 aromatic heterocycles. The molecule has 0 amide bonds. The van der Waals surface area contributed by atoms with Crippen molar-refractivity contribution in [2.75, 3.05) is 0 Å². The van der Waals surface area contributed by atoms with Crippen LogP contribution in [0.25, 0.3) is 11.3 Å². The van der Waals surface area contributed by atoms with Gasteiger partial charge in [-0.25, -0.2) is 0 Å². The normalized spacial score (nSPS) is 14.1. The molecule has 0 radical (unpaired) electrons. The molecule has 3 heteroatoms. The quantitative estimate of drug-likeness (QED) is 0.216. The number of pyridine rings is 1. The highest BCUT2D eigenvalue weighted by molar-refractivity contribution is 6.96. The topological polar surface area (TPSA) is 12.9 Å². The summed E-state index contributed by atoms with van der Waals surface area (Å²) >= 11 is 0. The molecule has 41 heavy (non-hydrogen) atoms. The van der Waals surface area contributed by atoms with E-state index in [0.29, 0.717) is 0 Å². The maximum Gasteiger partial charge on any atom is 0.242 e. The molecule has 0 unspecified atom stereocenters. The third-order valence-electron chi connectivity index (χ3n) is 9.35. The number of aromatic nitrogens is 1. The highest BCUT2D eigenvalue weighted by Gasteiger charge is 2.29. The molecule has 212 valence electrons. The lowest BCUT2D eigenvalue weighted by atomic mass is 9.34. The van der Waals surface area contributed by atoms with Crippen LogP contribution in [0.1, 0.15) is 64.6 Å². The largest absolute Gasteiger partial charge is 0.256 e. The van der Waals surface area contributed by atoms with Gasteiger partial charge in [0.1, 0.15) is 0 Å². The van der Waals surface area contributed by atoms with E-state index in [-0.39, 0.29) is 6.71 Å². The van der Waals surface area contributed by atoms with Gasteiger partial charge in [-0.2, -0.15) is 0 Å². The lowest BCUT2D eigenvalue weighted by Crippen LogP contribution is -2.55. The van der Waals surface area contributed by atoms with E-state index in [1.165, 1.54) is 87.4 Å². The first kappa shape index (κ1) is 29.6. The molecule has 0 aliphatic heterocycles. The lowest BCUT2D eigenvalue weighted by Gasteiger charge is -2.25. The van der Waals surface area contributed by atoms with Gasteiger partial charge < -0.3 is 0 Å². The van der Waals surface area contributed by atoms with Gasteiger partial charge >= 0.3 is 0 Å². The van der Waals surface area contributed by atoms with E-state index < -0.39 is 8.07 Å². The maximum atomic E-state index is 5.12. The molecular formula is C38H48BNSi. The first-order valence-electron chi connectivity index (χ1n) is 15.7. The predicted molar refractivity (Wildman–Crippen MR) is 184 cm³/mol. The van der Waals surface area contributed by atoms with E-state index in [4.69, 9.17) is 4.98 Å². The molecule has 0 bridgehead atoms. The van der Waals surface area contributed by atoms with Crippen molar-refractivity contribution >= 4 is 36.4 Å². The van der Waals surface area contributed by atoms with E-state index in [0.717, 1.165) is 11.6 Å². The second-order valence-corrected chi connectivity index (χ2v) is 19.1. The zero-order valence-corrected chi connectivity index (χ0v) is 27.9. The fourth-order valence-corrected chi connectivity index (χ4v) is 9.26. The zero-order valence-electron chi connectivity index (χ0n) is 26.9. The van der Waals surface area contributed by atoms with Gasteiger partial charge in [-0.15, -0.1) is 0 Å². The summed E-state index contributed by atoms with van der Waals surface area (Å²) in [7, 11) is -1.49. The molecule has 0 saturated heterocycles. The summed E-state index contributed by atoms with van der Waals surface area (Å²) in [5.74, 6) is 0.830. The molecule has 0 N–H and O–H groups in total. The number of benzene rings is 3. The second-order valence-electron chi connectivity index (χ2n) is 14.0.